The molecule has 8 heteroatoms. The van der Waals surface area contributed by atoms with Crippen molar-refractivity contribution in [3.8, 4) is 11.3 Å². The first-order chi connectivity index (χ1) is 11.0. The molecule has 1 fully saturated rings. The molecule has 3 N–H and O–H groups in total. The van der Waals surface area contributed by atoms with Crippen molar-refractivity contribution in [1.29, 1.82) is 0 Å². The van der Waals surface area contributed by atoms with Crippen LogP contribution < -0.4 is 5.32 Å². The fourth-order valence-corrected chi connectivity index (χ4v) is 2.49. The zero-order valence-corrected chi connectivity index (χ0v) is 12.5. The van der Waals surface area contributed by atoms with Gasteiger partial charge in [-0.3, -0.25) is 0 Å². The van der Waals surface area contributed by atoms with Crippen molar-refractivity contribution >= 4 is 11.9 Å². The highest BCUT2D eigenvalue weighted by Crippen LogP contribution is 2.24. The van der Waals surface area contributed by atoms with Crippen molar-refractivity contribution in [2.75, 3.05) is 18.5 Å². The molecule has 0 saturated carbocycles. The maximum absolute atomic E-state index is 13.8. The van der Waals surface area contributed by atoms with Crippen LogP contribution in [0.15, 0.2) is 18.5 Å². The molecule has 0 bridgehead atoms. The van der Waals surface area contributed by atoms with E-state index in [0.29, 0.717) is 30.2 Å². The third kappa shape index (κ3) is 3.31. The lowest BCUT2D eigenvalue weighted by Gasteiger charge is -2.26. The molecule has 0 spiro atoms. The van der Waals surface area contributed by atoms with Crippen molar-refractivity contribution in [2.24, 2.45) is 0 Å². The Morgan fingerprint density at radius 1 is 1.57 bits per heavy atom. The standard InChI is InChI=1S/C15H17FN4O3/c1-8-5-18-15(19-11-2-3-23-7-10(11)16)20-13(8)9-4-12(14(21)22)17-6-9/h4-6,10-11,17H,2-3,7H2,1H3,(H,21,22)(H,18,19,20)/t10-,11+/m1/s1. The van der Waals surface area contributed by atoms with Crippen LogP contribution in [0.5, 0.6) is 0 Å². The summed E-state index contributed by atoms with van der Waals surface area (Å²) in [5.41, 5.74) is 2.14. The normalized spacial score (nSPS) is 21.1. The topological polar surface area (TPSA) is 100 Å². The highest BCUT2D eigenvalue weighted by atomic mass is 19.1. The van der Waals surface area contributed by atoms with E-state index in [1.54, 1.807) is 12.4 Å². The summed E-state index contributed by atoms with van der Waals surface area (Å²) in [7, 11) is 0. The van der Waals surface area contributed by atoms with Gasteiger partial charge in [0, 0.05) is 24.6 Å². The number of alkyl halides is 1. The third-order valence-corrected chi connectivity index (χ3v) is 3.76. The maximum atomic E-state index is 13.8. The van der Waals surface area contributed by atoms with Crippen molar-refractivity contribution in [1.82, 2.24) is 15.0 Å². The molecule has 0 unspecified atom stereocenters. The van der Waals surface area contributed by atoms with E-state index in [9.17, 15) is 9.18 Å². The number of hydrogen-bond donors (Lipinski definition) is 3. The molecule has 23 heavy (non-hydrogen) atoms. The zero-order chi connectivity index (χ0) is 16.4. The van der Waals surface area contributed by atoms with Crippen LogP contribution in [-0.2, 0) is 4.74 Å². The summed E-state index contributed by atoms with van der Waals surface area (Å²) in [5, 5.41) is 12.0. The third-order valence-electron chi connectivity index (χ3n) is 3.76. The molecule has 3 rings (SSSR count). The number of nitrogens with one attached hydrogen (secondary N) is 2. The Balaban J connectivity index is 1.85. The summed E-state index contributed by atoms with van der Waals surface area (Å²) < 4.78 is 18.9. The van der Waals surface area contributed by atoms with Crippen molar-refractivity contribution in [3.05, 3.63) is 29.7 Å². The predicted molar refractivity (Wildman–Crippen MR) is 81.3 cm³/mol. The molecule has 1 saturated heterocycles. The highest BCUT2D eigenvalue weighted by molar-refractivity contribution is 5.87. The fraction of sp³-hybridized carbons (Fsp3) is 0.400. The number of rotatable bonds is 4. The van der Waals surface area contributed by atoms with Crippen LogP contribution in [0.25, 0.3) is 11.3 Å². The van der Waals surface area contributed by atoms with Gasteiger partial charge in [-0.25, -0.2) is 19.2 Å². The Kier molecular flexibility index (Phi) is 4.24. The number of ether oxygens (including phenoxy) is 1. The molecule has 0 aromatic carbocycles. The van der Waals surface area contributed by atoms with E-state index in [-0.39, 0.29) is 18.3 Å². The van der Waals surface area contributed by atoms with Gasteiger partial charge in [-0.05, 0) is 25.0 Å². The number of aromatic amines is 1. The number of H-pyrrole nitrogens is 1. The Hall–Kier alpha value is -2.48. The van der Waals surface area contributed by atoms with Gasteiger partial charge in [0.25, 0.3) is 0 Å². The van der Waals surface area contributed by atoms with Crippen molar-refractivity contribution < 1.29 is 19.0 Å². The molecule has 122 valence electrons. The van der Waals surface area contributed by atoms with E-state index in [1.165, 1.54) is 6.07 Å². The first-order valence-corrected chi connectivity index (χ1v) is 7.28. The molecule has 3 heterocycles. The molecule has 2 atom stereocenters. The molecular formula is C15H17FN4O3. The van der Waals surface area contributed by atoms with E-state index in [1.807, 2.05) is 6.92 Å². The van der Waals surface area contributed by atoms with Gasteiger partial charge in [-0.2, -0.15) is 0 Å². The second kappa shape index (κ2) is 6.33. The number of carboxylic acid groups (broad SMARTS) is 1. The maximum Gasteiger partial charge on any atom is 0.352 e. The summed E-state index contributed by atoms with van der Waals surface area (Å²) in [6.45, 7) is 2.39. The molecule has 0 aliphatic carbocycles. The summed E-state index contributed by atoms with van der Waals surface area (Å²) in [4.78, 5) is 22.2. The van der Waals surface area contributed by atoms with Crippen LogP contribution >= 0.6 is 0 Å². The zero-order valence-electron chi connectivity index (χ0n) is 12.5. The minimum absolute atomic E-state index is 0.0656. The van der Waals surface area contributed by atoms with Gasteiger partial charge in [-0.15, -0.1) is 0 Å². The minimum atomic E-state index is -1.11. The van der Waals surface area contributed by atoms with Crippen LogP contribution in [0.3, 0.4) is 0 Å². The predicted octanol–water partition coefficient (Wildman–Crippen LogP) is 2.02. The van der Waals surface area contributed by atoms with Crippen LogP contribution in [-0.4, -0.2) is 51.5 Å². The summed E-state index contributed by atoms with van der Waals surface area (Å²) in [5.74, 6) is -0.720. The van der Waals surface area contributed by atoms with E-state index in [0.717, 1.165) is 5.56 Å². The Labute approximate surface area is 131 Å². The highest BCUT2D eigenvalue weighted by Gasteiger charge is 2.26. The number of aryl methyl sites for hydroxylation is 1. The molecule has 0 radical (unpaired) electrons. The fourth-order valence-electron chi connectivity index (χ4n) is 2.49. The summed E-state index contributed by atoms with van der Waals surface area (Å²) in [6.07, 6.45) is 2.64. The van der Waals surface area contributed by atoms with E-state index in [2.05, 4.69) is 20.3 Å². The summed E-state index contributed by atoms with van der Waals surface area (Å²) in [6, 6.07) is 1.12. The number of carboxylic acids is 1. The lowest BCUT2D eigenvalue weighted by Crippen LogP contribution is -2.39. The average molecular weight is 320 g/mol. The van der Waals surface area contributed by atoms with Gasteiger partial charge in [0.05, 0.1) is 18.3 Å². The van der Waals surface area contributed by atoms with Crippen LogP contribution in [0, 0.1) is 6.92 Å². The minimum Gasteiger partial charge on any atom is -0.477 e. The average Bonchev–Trinajstić information content (AvgIpc) is 3.01. The molecule has 1 aliphatic rings. The van der Waals surface area contributed by atoms with E-state index < -0.39 is 12.1 Å². The van der Waals surface area contributed by atoms with Crippen molar-refractivity contribution in [3.63, 3.8) is 0 Å². The van der Waals surface area contributed by atoms with Crippen LogP contribution in [0.4, 0.5) is 10.3 Å². The molecule has 0 amide bonds. The van der Waals surface area contributed by atoms with Gasteiger partial charge >= 0.3 is 5.97 Å². The van der Waals surface area contributed by atoms with Gasteiger partial charge in [-0.1, -0.05) is 0 Å². The summed E-state index contributed by atoms with van der Waals surface area (Å²) >= 11 is 0. The quantitative estimate of drug-likeness (QED) is 0.797. The van der Waals surface area contributed by atoms with Crippen molar-refractivity contribution in [2.45, 2.75) is 25.6 Å². The molecule has 1 aliphatic heterocycles. The number of aromatic carboxylic acids is 1. The number of carbonyl (C=O) groups is 1. The number of aromatic nitrogens is 3. The van der Waals surface area contributed by atoms with Gasteiger partial charge in [0.15, 0.2) is 0 Å². The number of anilines is 1. The van der Waals surface area contributed by atoms with Crippen LogP contribution in [0.2, 0.25) is 0 Å². The lowest BCUT2D eigenvalue weighted by atomic mass is 10.1. The number of nitrogens with zero attached hydrogens (tertiary/aromatic N) is 2. The Bertz CT molecular complexity index is 718. The van der Waals surface area contributed by atoms with Gasteiger partial charge < -0.3 is 20.1 Å². The monoisotopic (exact) mass is 320 g/mol. The smallest absolute Gasteiger partial charge is 0.352 e. The first kappa shape index (κ1) is 15.4. The largest absolute Gasteiger partial charge is 0.477 e. The van der Waals surface area contributed by atoms with Gasteiger partial charge in [0.1, 0.15) is 11.9 Å². The van der Waals surface area contributed by atoms with E-state index >= 15 is 0 Å². The first-order valence-electron chi connectivity index (χ1n) is 7.28. The van der Waals surface area contributed by atoms with Crippen LogP contribution in [0.1, 0.15) is 22.5 Å². The van der Waals surface area contributed by atoms with Gasteiger partial charge in [0.2, 0.25) is 5.95 Å². The Morgan fingerprint density at radius 3 is 3.09 bits per heavy atom. The number of halogens is 1. The SMILES string of the molecule is Cc1cnc(N[C@H]2CCOC[C@H]2F)nc1-c1c[nH]c(C(=O)O)c1. The number of hydrogen-bond acceptors (Lipinski definition) is 5. The van der Waals surface area contributed by atoms with E-state index in [4.69, 9.17) is 9.84 Å². The molecule has 2 aromatic rings. The molecular weight excluding hydrogens is 303 g/mol. The lowest BCUT2D eigenvalue weighted by molar-refractivity contribution is 0.0284. The Morgan fingerprint density at radius 2 is 2.39 bits per heavy atom. The molecule has 7 nitrogen and oxygen atoms in total. The second-order valence-electron chi connectivity index (χ2n) is 5.46. The molecule has 2 aromatic heterocycles. The second-order valence-corrected chi connectivity index (χ2v) is 5.46.